The molecule has 0 aliphatic rings. The minimum absolute atomic E-state index is 0.371. The van der Waals surface area contributed by atoms with E-state index in [0.717, 1.165) is 17.0 Å². The molecule has 0 bridgehead atoms. The van der Waals surface area contributed by atoms with Gasteiger partial charge in [0.15, 0.2) is 5.65 Å². The Morgan fingerprint density at radius 3 is 2.94 bits per heavy atom. The topological polar surface area (TPSA) is 53.7 Å². The molecule has 5 heteroatoms. The molecule has 5 nitrogen and oxygen atoms in total. The zero-order valence-electron chi connectivity index (χ0n) is 9.75. The quantitative estimate of drug-likeness (QED) is 0.833. The van der Waals surface area contributed by atoms with Gasteiger partial charge in [0.1, 0.15) is 12.1 Å². The second-order valence-corrected chi connectivity index (χ2v) is 4.15. The van der Waals surface area contributed by atoms with Crippen LogP contribution in [0.15, 0.2) is 18.5 Å². The highest BCUT2D eigenvalue weighted by molar-refractivity contribution is 5.52. The molecular formula is C11H16N4O. The van der Waals surface area contributed by atoms with Crippen LogP contribution in [0.3, 0.4) is 0 Å². The lowest BCUT2D eigenvalue weighted by Crippen LogP contribution is -2.28. The summed E-state index contributed by atoms with van der Waals surface area (Å²) >= 11 is 0. The summed E-state index contributed by atoms with van der Waals surface area (Å²) in [6.45, 7) is 4.36. The van der Waals surface area contributed by atoms with Crippen molar-refractivity contribution in [2.24, 2.45) is 0 Å². The molecule has 0 aromatic carbocycles. The van der Waals surface area contributed by atoms with Gasteiger partial charge in [0.05, 0.1) is 6.10 Å². The van der Waals surface area contributed by atoms with Crippen LogP contribution in [0, 0.1) is 6.92 Å². The molecular weight excluding hydrogens is 204 g/mol. The molecule has 2 aromatic rings. The van der Waals surface area contributed by atoms with Crippen LogP contribution >= 0.6 is 0 Å². The summed E-state index contributed by atoms with van der Waals surface area (Å²) < 4.78 is 1.77. The van der Waals surface area contributed by atoms with E-state index in [0.29, 0.717) is 6.54 Å². The van der Waals surface area contributed by atoms with Crippen LogP contribution in [0.5, 0.6) is 0 Å². The zero-order valence-corrected chi connectivity index (χ0v) is 9.75. The average molecular weight is 220 g/mol. The van der Waals surface area contributed by atoms with Crippen molar-refractivity contribution in [3.63, 3.8) is 0 Å². The fourth-order valence-electron chi connectivity index (χ4n) is 1.80. The Bertz CT molecular complexity index is 492. The summed E-state index contributed by atoms with van der Waals surface area (Å²) in [5.74, 6) is 0.938. The van der Waals surface area contributed by atoms with E-state index in [1.807, 2.05) is 31.0 Å². The van der Waals surface area contributed by atoms with Gasteiger partial charge in [-0.2, -0.15) is 9.61 Å². The number of likely N-dealkylation sites (N-methyl/N-ethyl adjacent to an activating group) is 1. The fourth-order valence-corrected chi connectivity index (χ4v) is 1.80. The summed E-state index contributed by atoms with van der Waals surface area (Å²) in [5.41, 5.74) is 1.96. The number of aliphatic hydroxyl groups is 1. The molecule has 0 amide bonds. The van der Waals surface area contributed by atoms with E-state index < -0.39 is 0 Å². The molecule has 2 heterocycles. The predicted molar refractivity (Wildman–Crippen MR) is 62.7 cm³/mol. The highest BCUT2D eigenvalue weighted by atomic mass is 16.3. The van der Waals surface area contributed by atoms with Crippen LogP contribution in [-0.4, -0.2) is 39.4 Å². The number of aliphatic hydroxyl groups excluding tert-OH is 1. The smallest absolute Gasteiger partial charge is 0.157 e. The van der Waals surface area contributed by atoms with Crippen LogP contribution in [-0.2, 0) is 0 Å². The second kappa shape index (κ2) is 4.09. The van der Waals surface area contributed by atoms with Gasteiger partial charge in [0.25, 0.3) is 0 Å². The molecule has 2 aromatic heterocycles. The van der Waals surface area contributed by atoms with Gasteiger partial charge in [0.2, 0.25) is 0 Å². The standard InChI is InChI=1S/C11H16N4O/c1-8-4-10-12-7-13-15(10)11(5-8)14(3)6-9(2)16/h4-5,7,9,16H,6H2,1-3H3. The van der Waals surface area contributed by atoms with E-state index in [9.17, 15) is 5.11 Å². The van der Waals surface area contributed by atoms with Gasteiger partial charge in [-0.1, -0.05) is 0 Å². The van der Waals surface area contributed by atoms with Gasteiger partial charge >= 0.3 is 0 Å². The highest BCUT2D eigenvalue weighted by Crippen LogP contribution is 2.16. The van der Waals surface area contributed by atoms with Crippen LogP contribution in [0.1, 0.15) is 12.5 Å². The number of nitrogens with zero attached hydrogens (tertiary/aromatic N) is 4. The summed E-state index contributed by atoms with van der Waals surface area (Å²) in [6.07, 6.45) is 1.16. The number of hydrogen-bond acceptors (Lipinski definition) is 4. The molecule has 1 unspecified atom stereocenters. The molecule has 1 N–H and O–H groups in total. The maximum atomic E-state index is 9.39. The molecule has 2 rings (SSSR count). The first-order valence-corrected chi connectivity index (χ1v) is 5.27. The third-order valence-electron chi connectivity index (χ3n) is 2.43. The van der Waals surface area contributed by atoms with Crippen LogP contribution in [0.2, 0.25) is 0 Å². The predicted octanol–water partition coefficient (Wildman–Crippen LogP) is 0.855. The van der Waals surface area contributed by atoms with Gasteiger partial charge in [-0.3, -0.25) is 0 Å². The van der Waals surface area contributed by atoms with E-state index in [1.54, 1.807) is 11.4 Å². The average Bonchev–Trinajstić information content (AvgIpc) is 2.62. The summed E-state index contributed by atoms with van der Waals surface area (Å²) in [6, 6.07) is 4.01. The van der Waals surface area contributed by atoms with Crippen LogP contribution in [0.4, 0.5) is 5.82 Å². The van der Waals surface area contributed by atoms with Crippen molar-refractivity contribution in [1.82, 2.24) is 14.6 Å². The molecule has 0 fully saturated rings. The van der Waals surface area contributed by atoms with Crippen LogP contribution in [0.25, 0.3) is 5.65 Å². The van der Waals surface area contributed by atoms with E-state index in [-0.39, 0.29) is 6.10 Å². The van der Waals surface area contributed by atoms with Gasteiger partial charge < -0.3 is 10.0 Å². The summed E-state index contributed by atoms with van der Waals surface area (Å²) in [5, 5.41) is 13.6. The number of pyridine rings is 1. The molecule has 0 radical (unpaired) electrons. The van der Waals surface area contributed by atoms with E-state index in [4.69, 9.17) is 0 Å². The lowest BCUT2D eigenvalue weighted by molar-refractivity contribution is 0.201. The van der Waals surface area contributed by atoms with Gasteiger partial charge in [0, 0.05) is 13.6 Å². The second-order valence-electron chi connectivity index (χ2n) is 4.15. The molecule has 1 atom stereocenters. The van der Waals surface area contributed by atoms with Crippen molar-refractivity contribution in [2.75, 3.05) is 18.5 Å². The molecule has 86 valence electrons. The number of rotatable bonds is 3. The van der Waals surface area contributed by atoms with Gasteiger partial charge in [-0.05, 0) is 31.5 Å². The molecule has 0 spiro atoms. The van der Waals surface area contributed by atoms with E-state index in [1.165, 1.54) is 6.33 Å². The van der Waals surface area contributed by atoms with Crippen molar-refractivity contribution in [2.45, 2.75) is 20.0 Å². The molecule has 16 heavy (non-hydrogen) atoms. The number of anilines is 1. The van der Waals surface area contributed by atoms with Crippen molar-refractivity contribution < 1.29 is 5.11 Å². The summed E-state index contributed by atoms with van der Waals surface area (Å²) in [4.78, 5) is 6.14. The molecule has 0 saturated carbocycles. The SMILES string of the molecule is Cc1cc(N(C)CC(C)O)n2ncnc2c1. The Labute approximate surface area is 94.3 Å². The Kier molecular flexibility index (Phi) is 2.78. The van der Waals surface area contributed by atoms with Crippen LogP contribution < -0.4 is 4.90 Å². The zero-order chi connectivity index (χ0) is 11.7. The third-order valence-corrected chi connectivity index (χ3v) is 2.43. The number of aryl methyl sites for hydroxylation is 1. The van der Waals surface area contributed by atoms with Crippen molar-refractivity contribution in [3.8, 4) is 0 Å². The minimum atomic E-state index is -0.371. The van der Waals surface area contributed by atoms with Crippen molar-refractivity contribution in [3.05, 3.63) is 24.0 Å². The maximum absolute atomic E-state index is 9.39. The van der Waals surface area contributed by atoms with Crippen molar-refractivity contribution >= 4 is 11.5 Å². The minimum Gasteiger partial charge on any atom is -0.392 e. The first-order chi connectivity index (χ1) is 7.58. The Morgan fingerprint density at radius 1 is 1.50 bits per heavy atom. The molecule has 0 aliphatic carbocycles. The Hall–Kier alpha value is -1.62. The normalized spacial score (nSPS) is 13.0. The molecule has 0 aliphatic heterocycles. The van der Waals surface area contributed by atoms with E-state index >= 15 is 0 Å². The van der Waals surface area contributed by atoms with Gasteiger partial charge in [-0.15, -0.1) is 0 Å². The Balaban J connectivity index is 2.45. The number of hydrogen-bond donors (Lipinski definition) is 1. The summed E-state index contributed by atoms with van der Waals surface area (Å²) in [7, 11) is 1.93. The first-order valence-electron chi connectivity index (χ1n) is 5.27. The van der Waals surface area contributed by atoms with E-state index in [2.05, 4.69) is 10.1 Å². The number of fused-ring (bicyclic) bond motifs is 1. The lowest BCUT2D eigenvalue weighted by atomic mass is 10.2. The monoisotopic (exact) mass is 220 g/mol. The largest absolute Gasteiger partial charge is 0.392 e. The maximum Gasteiger partial charge on any atom is 0.157 e. The fraction of sp³-hybridized carbons (Fsp3) is 0.455. The number of aromatic nitrogens is 3. The third kappa shape index (κ3) is 1.99. The molecule has 0 saturated heterocycles. The first kappa shape index (κ1) is 10.9. The highest BCUT2D eigenvalue weighted by Gasteiger charge is 2.10. The Morgan fingerprint density at radius 2 is 2.25 bits per heavy atom. The van der Waals surface area contributed by atoms with Crippen molar-refractivity contribution in [1.29, 1.82) is 0 Å². The van der Waals surface area contributed by atoms with Gasteiger partial charge in [-0.25, -0.2) is 4.98 Å². The lowest BCUT2D eigenvalue weighted by Gasteiger charge is -2.21.